The maximum Gasteiger partial charge on any atom is 0.234 e. The van der Waals surface area contributed by atoms with Crippen LogP contribution in [0.2, 0.25) is 5.02 Å². The van der Waals surface area contributed by atoms with Gasteiger partial charge in [0, 0.05) is 27.9 Å². The number of anilines is 1. The van der Waals surface area contributed by atoms with Gasteiger partial charge >= 0.3 is 0 Å². The molecule has 5 nitrogen and oxygen atoms in total. The number of rotatable bonds is 10. The molecule has 3 rings (SSSR count). The van der Waals surface area contributed by atoms with E-state index in [1.807, 2.05) is 54.8 Å². The fraction of sp³-hybridized carbons (Fsp3) is 0.286. The third-order valence-electron chi connectivity index (χ3n) is 4.21. The van der Waals surface area contributed by atoms with Crippen molar-refractivity contribution >= 4 is 58.5 Å². The van der Waals surface area contributed by atoms with Crippen molar-refractivity contribution < 1.29 is 4.79 Å². The Morgan fingerprint density at radius 1 is 1.13 bits per heavy atom. The zero-order chi connectivity index (χ0) is 21.3. The van der Waals surface area contributed by atoms with Gasteiger partial charge < -0.3 is 9.88 Å². The Morgan fingerprint density at radius 3 is 2.67 bits per heavy atom. The maximum atomic E-state index is 12.3. The van der Waals surface area contributed by atoms with E-state index < -0.39 is 0 Å². The zero-order valence-electron chi connectivity index (χ0n) is 16.8. The summed E-state index contributed by atoms with van der Waals surface area (Å²) in [7, 11) is 0. The molecule has 0 bridgehead atoms. The summed E-state index contributed by atoms with van der Waals surface area (Å²) in [6.45, 7) is 2.83. The predicted octanol–water partition coefficient (Wildman–Crippen LogP) is 5.84. The van der Waals surface area contributed by atoms with Crippen LogP contribution < -0.4 is 5.32 Å². The molecule has 0 aliphatic carbocycles. The van der Waals surface area contributed by atoms with Crippen LogP contribution in [0.4, 0.5) is 5.69 Å². The summed E-state index contributed by atoms with van der Waals surface area (Å²) < 4.78 is 2.07. The number of aromatic nitrogens is 3. The number of thioether (sulfide) groups is 3. The standard InChI is InChI=1S/C21H23ClN4OS3/c1-3-26-19(13-29-12-15-7-9-16(22)10-8-15)24-25-21(26)30-14-20(27)23-17-5-4-6-18(11-17)28-2/h4-11H,3,12-14H2,1-2H3,(H,23,27). The lowest BCUT2D eigenvalue weighted by Gasteiger charge is -2.08. The van der Waals surface area contributed by atoms with Gasteiger partial charge in [-0.3, -0.25) is 4.79 Å². The summed E-state index contributed by atoms with van der Waals surface area (Å²) in [5.74, 6) is 2.81. The highest BCUT2D eigenvalue weighted by atomic mass is 35.5. The van der Waals surface area contributed by atoms with Gasteiger partial charge in [-0.1, -0.05) is 41.6 Å². The lowest BCUT2D eigenvalue weighted by atomic mass is 10.2. The third kappa shape index (κ3) is 6.70. The Balaban J connectivity index is 1.51. The van der Waals surface area contributed by atoms with Gasteiger partial charge in [0.05, 0.1) is 11.5 Å². The molecule has 3 aromatic rings. The largest absolute Gasteiger partial charge is 0.325 e. The number of carbonyl (C=O) groups is 1. The molecule has 0 saturated carbocycles. The van der Waals surface area contributed by atoms with E-state index in [9.17, 15) is 4.79 Å². The van der Waals surface area contributed by atoms with Crippen LogP contribution in [0.5, 0.6) is 0 Å². The molecule has 0 atom stereocenters. The van der Waals surface area contributed by atoms with Crippen LogP contribution >= 0.6 is 46.9 Å². The Labute approximate surface area is 194 Å². The average Bonchev–Trinajstić information content (AvgIpc) is 3.15. The molecule has 0 saturated heterocycles. The summed E-state index contributed by atoms with van der Waals surface area (Å²) in [6, 6.07) is 15.7. The Kier molecular flexibility index (Phi) is 8.99. The SMILES string of the molecule is CCn1c(CSCc2ccc(Cl)cc2)nnc1SCC(=O)Nc1cccc(SC)c1. The van der Waals surface area contributed by atoms with Crippen molar-refractivity contribution in [2.24, 2.45) is 0 Å². The van der Waals surface area contributed by atoms with Gasteiger partial charge in [0.15, 0.2) is 5.16 Å². The first-order valence-electron chi connectivity index (χ1n) is 9.40. The number of benzene rings is 2. The van der Waals surface area contributed by atoms with Crippen LogP contribution in [-0.2, 0) is 22.8 Å². The molecule has 30 heavy (non-hydrogen) atoms. The van der Waals surface area contributed by atoms with Crippen LogP contribution in [0, 0.1) is 0 Å². The van der Waals surface area contributed by atoms with Gasteiger partial charge in [0.25, 0.3) is 0 Å². The van der Waals surface area contributed by atoms with E-state index in [1.54, 1.807) is 23.5 Å². The van der Waals surface area contributed by atoms with Crippen molar-refractivity contribution in [3.05, 3.63) is 64.9 Å². The lowest BCUT2D eigenvalue weighted by Crippen LogP contribution is -2.14. The minimum absolute atomic E-state index is 0.0532. The molecule has 0 fully saturated rings. The number of halogens is 1. The second kappa shape index (κ2) is 11.7. The smallest absolute Gasteiger partial charge is 0.234 e. The normalized spacial score (nSPS) is 10.9. The lowest BCUT2D eigenvalue weighted by molar-refractivity contribution is -0.113. The highest BCUT2D eigenvalue weighted by Gasteiger charge is 2.13. The van der Waals surface area contributed by atoms with E-state index in [4.69, 9.17) is 11.6 Å². The second-order valence-corrected chi connectivity index (χ2v) is 9.58. The minimum Gasteiger partial charge on any atom is -0.325 e. The van der Waals surface area contributed by atoms with Gasteiger partial charge in [-0.2, -0.15) is 0 Å². The molecule has 158 valence electrons. The first kappa shape index (κ1) is 23.1. The molecule has 0 spiro atoms. The van der Waals surface area contributed by atoms with Crippen molar-refractivity contribution in [2.45, 2.75) is 35.0 Å². The molecule has 0 unspecified atom stereocenters. The van der Waals surface area contributed by atoms with Gasteiger partial charge in [-0.05, 0) is 49.1 Å². The van der Waals surface area contributed by atoms with Gasteiger partial charge in [0.2, 0.25) is 5.91 Å². The fourth-order valence-corrected chi connectivity index (χ4v) is 5.05. The molecular formula is C21H23ClN4OS3. The van der Waals surface area contributed by atoms with Gasteiger partial charge in [-0.25, -0.2) is 0 Å². The van der Waals surface area contributed by atoms with Crippen molar-refractivity contribution in [1.82, 2.24) is 14.8 Å². The predicted molar refractivity (Wildman–Crippen MR) is 130 cm³/mol. The molecule has 9 heteroatoms. The van der Waals surface area contributed by atoms with E-state index in [2.05, 4.69) is 27.0 Å². The third-order valence-corrected chi connectivity index (χ3v) is 7.15. The molecule has 0 aliphatic heterocycles. The highest BCUT2D eigenvalue weighted by Crippen LogP contribution is 2.23. The van der Waals surface area contributed by atoms with Crippen LogP contribution in [0.1, 0.15) is 18.3 Å². The second-order valence-electron chi connectivity index (χ2n) is 6.33. The minimum atomic E-state index is -0.0532. The molecule has 1 N–H and O–H groups in total. The van der Waals surface area contributed by atoms with Gasteiger partial charge in [-0.15, -0.1) is 33.7 Å². The van der Waals surface area contributed by atoms with Gasteiger partial charge in [0.1, 0.15) is 5.82 Å². The molecule has 1 aromatic heterocycles. The quantitative estimate of drug-likeness (QED) is 0.369. The van der Waals surface area contributed by atoms with E-state index in [1.165, 1.54) is 17.3 Å². The summed E-state index contributed by atoms with van der Waals surface area (Å²) in [5, 5.41) is 13.1. The molecule has 1 amide bonds. The van der Waals surface area contributed by atoms with Crippen molar-refractivity contribution in [3.63, 3.8) is 0 Å². The monoisotopic (exact) mass is 478 g/mol. The first-order valence-corrected chi connectivity index (χ1v) is 13.1. The molecule has 0 radical (unpaired) electrons. The molecular weight excluding hydrogens is 456 g/mol. The number of nitrogens with zero attached hydrogens (tertiary/aromatic N) is 3. The summed E-state index contributed by atoms with van der Waals surface area (Å²) in [5.41, 5.74) is 2.03. The average molecular weight is 479 g/mol. The number of hydrogen-bond donors (Lipinski definition) is 1. The Morgan fingerprint density at radius 2 is 1.93 bits per heavy atom. The molecule has 2 aromatic carbocycles. The Bertz CT molecular complexity index is 979. The Hall–Kier alpha value is -1.61. The van der Waals surface area contributed by atoms with Crippen LogP contribution in [0.15, 0.2) is 58.6 Å². The summed E-state index contributed by atoms with van der Waals surface area (Å²) >= 11 is 10.8. The van der Waals surface area contributed by atoms with E-state index in [-0.39, 0.29) is 5.91 Å². The van der Waals surface area contributed by atoms with Crippen molar-refractivity contribution in [3.8, 4) is 0 Å². The van der Waals surface area contributed by atoms with E-state index >= 15 is 0 Å². The van der Waals surface area contributed by atoms with Crippen molar-refractivity contribution in [2.75, 3.05) is 17.3 Å². The summed E-state index contributed by atoms with van der Waals surface area (Å²) in [4.78, 5) is 13.5. The fourth-order valence-electron chi connectivity index (χ4n) is 2.72. The zero-order valence-corrected chi connectivity index (χ0v) is 20.0. The highest BCUT2D eigenvalue weighted by molar-refractivity contribution is 7.99. The van der Waals surface area contributed by atoms with Crippen LogP contribution in [-0.4, -0.2) is 32.7 Å². The topological polar surface area (TPSA) is 59.8 Å². The number of hydrogen-bond acceptors (Lipinski definition) is 6. The summed E-state index contributed by atoms with van der Waals surface area (Å²) in [6.07, 6.45) is 2.01. The van der Waals surface area contributed by atoms with E-state index in [0.29, 0.717) is 5.75 Å². The number of amides is 1. The van der Waals surface area contributed by atoms with Crippen LogP contribution in [0.25, 0.3) is 0 Å². The molecule has 1 heterocycles. The van der Waals surface area contributed by atoms with Crippen LogP contribution in [0.3, 0.4) is 0 Å². The maximum absolute atomic E-state index is 12.3. The van der Waals surface area contributed by atoms with Crippen molar-refractivity contribution in [1.29, 1.82) is 0 Å². The number of carbonyl (C=O) groups excluding carboxylic acids is 1. The van der Waals surface area contributed by atoms with E-state index in [0.717, 1.165) is 44.6 Å². The number of nitrogens with one attached hydrogen (secondary N) is 1. The first-order chi connectivity index (χ1) is 14.6. The molecule has 0 aliphatic rings.